The van der Waals surface area contributed by atoms with Gasteiger partial charge in [0.15, 0.2) is 5.76 Å². The summed E-state index contributed by atoms with van der Waals surface area (Å²) in [6, 6.07) is 13.3. The van der Waals surface area contributed by atoms with Crippen molar-refractivity contribution in [2.45, 2.75) is 25.8 Å². The molecule has 1 amide bonds. The first-order chi connectivity index (χ1) is 12.6. The van der Waals surface area contributed by atoms with E-state index in [0.29, 0.717) is 16.4 Å². The van der Waals surface area contributed by atoms with E-state index in [2.05, 4.69) is 15.2 Å². The molecule has 1 saturated heterocycles. The summed E-state index contributed by atoms with van der Waals surface area (Å²) >= 11 is 5.99. The number of fused-ring (bicyclic) bond motifs is 1. The van der Waals surface area contributed by atoms with E-state index in [1.54, 1.807) is 24.3 Å². The van der Waals surface area contributed by atoms with Gasteiger partial charge in [-0.1, -0.05) is 17.7 Å². The van der Waals surface area contributed by atoms with Crippen LogP contribution in [-0.2, 0) is 0 Å². The predicted octanol–water partition coefficient (Wildman–Crippen LogP) is 4.19. The summed E-state index contributed by atoms with van der Waals surface area (Å²) in [7, 11) is 0. The number of aryl methyl sites for hydroxylation is 1. The molecule has 3 aromatic rings. The molecule has 0 bridgehead atoms. The van der Waals surface area contributed by atoms with Gasteiger partial charge in [-0.15, -0.1) is 0 Å². The van der Waals surface area contributed by atoms with Crippen LogP contribution in [0.25, 0.3) is 11.0 Å². The fourth-order valence-corrected chi connectivity index (χ4v) is 3.52. The van der Waals surface area contributed by atoms with Gasteiger partial charge in [0.05, 0.1) is 0 Å². The first-order valence-corrected chi connectivity index (χ1v) is 9.15. The Morgan fingerprint density at radius 1 is 1.23 bits per heavy atom. The summed E-state index contributed by atoms with van der Waals surface area (Å²) in [6.45, 7) is 3.74. The van der Waals surface area contributed by atoms with Crippen LogP contribution in [0.3, 0.4) is 0 Å². The quantitative estimate of drug-likeness (QED) is 0.752. The normalized spacial score (nSPS) is 15.4. The van der Waals surface area contributed by atoms with Crippen LogP contribution in [0.1, 0.15) is 29.1 Å². The van der Waals surface area contributed by atoms with Gasteiger partial charge in [0.1, 0.15) is 11.4 Å². The Labute approximate surface area is 157 Å². The first kappa shape index (κ1) is 16.9. The van der Waals surface area contributed by atoms with Crippen molar-refractivity contribution in [2.24, 2.45) is 0 Å². The van der Waals surface area contributed by atoms with Crippen molar-refractivity contribution in [3.05, 3.63) is 58.9 Å². The Balaban J connectivity index is 1.38. The van der Waals surface area contributed by atoms with Crippen molar-refractivity contribution in [1.29, 1.82) is 0 Å². The average Bonchev–Trinajstić information content (AvgIpc) is 3.05. The van der Waals surface area contributed by atoms with Gasteiger partial charge in [0.25, 0.3) is 5.91 Å². The molecule has 0 atom stereocenters. The van der Waals surface area contributed by atoms with Gasteiger partial charge in [-0.25, -0.2) is 4.98 Å². The molecular weight excluding hydrogens is 350 g/mol. The van der Waals surface area contributed by atoms with Gasteiger partial charge in [-0.05, 0) is 56.2 Å². The lowest BCUT2D eigenvalue weighted by atomic mass is 10.0. The Morgan fingerprint density at radius 3 is 2.81 bits per heavy atom. The molecule has 0 unspecified atom stereocenters. The zero-order valence-corrected chi connectivity index (χ0v) is 15.3. The van der Waals surface area contributed by atoms with Gasteiger partial charge in [0.2, 0.25) is 0 Å². The van der Waals surface area contributed by atoms with E-state index in [1.807, 2.05) is 25.1 Å². The van der Waals surface area contributed by atoms with Crippen LogP contribution in [0.4, 0.5) is 5.82 Å². The number of pyridine rings is 1. The van der Waals surface area contributed by atoms with Gasteiger partial charge >= 0.3 is 0 Å². The molecule has 26 heavy (non-hydrogen) atoms. The number of amides is 1. The van der Waals surface area contributed by atoms with Crippen LogP contribution >= 0.6 is 11.6 Å². The molecule has 0 radical (unpaired) electrons. The van der Waals surface area contributed by atoms with Crippen LogP contribution in [0, 0.1) is 6.92 Å². The fourth-order valence-electron chi connectivity index (χ4n) is 3.34. The second kappa shape index (κ2) is 7.00. The Bertz CT molecular complexity index is 945. The second-order valence-electron chi connectivity index (χ2n) is 6.66. The van der Waals surface area contributed by atoms with Crippen LogP contribution in [0.2, 0.25) is 5.02 Å². The highest BCUT2D eigenvalue weighted by Gasteiger charge is 2.23. The molecule has 134 valence electrons. The number of piperidine rings is 1. The van der Waals surface area contributed by atoms with Crippen LogP contribution < -0.4 is 10.2 Å². The number of nitrogens with one attached hydrogen (secondary N) is 1. The standard InChI is InChI=1S/C20H20ClN3O2/c1-13-3-2-4-19(22-13)24-9-7-16(8-10-24)23-20(25)18-12-14-11-15(21)5-6-17(14)26-18/h2-6,11-12,16H,7-10H2,1H3,(H,23,25). The third kappa shape index (κ3) is 3.53. The SMILES string of the molecule is Cc1cccc(N2CCC(NC(=O)c3cc4cc(Cl)ccc4o3)CC2)n1. The Kier molecular flexibility index (Phi) is 4.55. The molecule has 1 aliphatic heterocycles. The summed E-state index contributed by atoms with van der Waals surface area (Å²) in [5, 5.41) is 4.54. The lowest BCUT2D eigenvalue weighted by Crippen LogP contribution is -2.44. The minimum absolute atomic E-state index is 0.139. The summed E-state index contributed by atoms with van der Waals surface area (Å²) < 4.78 is 5.64. The molecule has 5 nitrogen and oxygen atoms in total. The second-order valence-corrected chi connectivity index (χ2v) is 7.10. The molecule has 0 aliphatic carbocycles. The van der Waals surface area contributed by atoms with E-state index >= 15 is 0 Å². The molecule has 2 aromatic heterocycles. The highest BCUT2D eigenvalue weighted by atomic mass is 35.5. The highest BCUT2D eigenvalue weighted by molar-refractivity contribution is 6.31. The van der Waals surface area contributed by atoms with E-state index in [-0.39, 0.29) is 11.9 Å². The number of aromatic nitrogens is 1. The van der Waals surface area contributed by atoms with Gasteiger partial charge in [0, 0.05) is 35.2 Å². The minimum Gasteiger partial charge on any atom is -0.451 e. The lowest BCUT2D eigenvalue weighted by Gasteiger charge is -2.33. The monoisotopic (exact) mass is 369 g/mol. The fraction of sp³-hybridized carbons (Fsp3) is 0.300. The van der Waals surface area contributed by atoms with Crippen molar-refractivity contribution in [3.8, 4) is 0 Å². The molecule has 1 N–H and O–H groups in total. The number of hydrogen-bond acceptors (Lipinski definition) is 4. The number of benzene rings is 1. The summed E-state index contributed by atoms with van der Waals surface area (Å²) in [6.07, 6.45) is 1.76. The average molecular weight is 370 g/mol. The lowest BCUT2D eigenvalue weighted by molar-refractivity contribution is 0.0905. The largest absolute Gasteiger partial charge is 0.451 e. The minimum atomic E-state index is -0.176. The third-order valence-electron chi connectivity index (χ3n) is 4.73. The maximum atomic E-state index is 12.5. The Hall–Kier alpha value is -2.53. The van der Waals surface area contributed by atoms with Crippen molar-refractivity contribution in [3.63, 3.8) is 0 Å². The number of hydrogen-bond donors (Lipinski definition) is 1. The van der Waals surface area contributed by atoms with Crippen LogP contribution in [0.5, 0.6) is 0 Å². The zero-order chi connectivity index (χ0) is 18.1. The number of anilines is 1. The highest BCUT2D eigenvalue weighted by Crippen LogP contribution is 2.24. The number of rotatable bonds is 3. The maximum Gasteiger partial charge on any atom is 0.287 e. The molecule has 4 rings (SSSR count). The molecule has 0 saturated carbocycles. The summed E-state index contributed by atoms with van der Waals surface area (Å²) in [4.78, 5) is 19.3. The topological polar surface area (TPSA) is 58.4 Å². The third-order valence-corrected chi connectivity index (χ3v) is 4.97. The number of furan rings is 1. The van der Waals surface area contributed by atoms with Crippen molar-refractivity contribution >= 4 is 34.3 Å². The van der Waals surface area contributed by atoms with E-state index < -0.39 is 0 Å². The number of nitrogens with zero attached hydrogens (tertiary/aromatic N) is 2. The number of carbonyl (C=O) groups is 1. The first-order valence-electron chi connectivity index (χ1n) is 8.77. The molecule has 6 heteroatoms. The van der Waals surface area contributed by atoms with Gasteiger partial charge < -0.3 is 14.6 Å². The molecule has 0 spiro atoms. The molecule has 3 heterocycles. The Morgan fingerprint density at radius 2 is 2.04 bits per heavy atom. The number of halogens is 1. The van der Waals surface area contributed by atoms with Gasteiger partial charge in [-0.2, -0.15) is 0 Å². The summed E-state index contributed by atoms with van der Waals surface area (Å²) in [5.41, 5.74) is 1.68. The molecule has 1 fully saturated rings. The zero-order valence-electron chi connectivity index (χ0n) is 14.5. The van der Waals surface area contributed by atoms with E-state index in [4.69, 9.17) is 16.0 Å². The van der Waals surface area contributed by atoms with Gasteiger partial charge in [-0.3, -0.25) is 4.79 Å². The van der Waals surface area contributed by atoms with E-state index in [0.717, 1.165) is 42.8 Å². The van der Waals surface area contributed by atoms with E-state index in [9.17, 15) is 4.79 Å². The van der Waals surface area contributed by atoms with Crippen molar-refractivity contribution in [1.82, 2.24) is 10.3 Å². The predicted molar refractivity (Wildman–Crippen MR) is 103 cm³/mol. The number of carbonyl (C=O) groups excluding carboxylic acids is 1. The van der Waals surface area contributed by atoms with E-state index in [1.165, 1.54) is 0 Å². The summed E-state index contributed by atoms with van der Waals surface area (Å²) in [5.74, 6) is 1.15. The van der Waals surface area contributed by atoms with Crippen molar-refractivity contribution in [2.75, 3.05) is 18.0 Å². The smallest absolute Gasteiger partial charge is 0.287 e. The molecular formula is C20H20ClN3O2. The van der Waals surface area contributed by atoms with Crippen molar-refractivity contribution < 1.29 is 9.21 Å². The van der Waals surface area contributed by atoms with Crippen LogP contribution in [-0.4, -0.2) is 30.0 Å². The molecule has 1 aliphatic rings. The maximum absolute atomic E-state index is 12.5. The van der Waals surface area contributed by atoms with Crippen LogP contribution in [0.15, 0.2) is 46.9 Å². The molecule has 1 aromatic carbocycles.